The fraction of sp³-hybridized carbons (Fsp3) is 0.556. The molecule has 13 heavy (non-hydrogen) atoms. The van der Waals surface area contributed by atoms with Gasteiger partial charge in [0.25, 0.3) is 0 Å². The molecule has 1 aliphatic rings. The minimum atomic E-state index is 0.356. The molecule has 1 N–H and O–H groups in total. The van der Waals surface area contributed by atoms with Crippen molar-refractivity contribution in [3.63, 3.8) is 0 Å². The standard InChI is InChI=1S/C9H13N3O/c1-2-8(13-5-1)6-11-9-3-4-10-7-12-9/h3-4,7-8H,1-2,5-6H2,(H,10,11,12). The van der Waals surface area contributed by atoms with E-state index in [2.05, 4.69) is 15.3 Å². The summed E-state index contributed by atoms with van der Waals surface area (Å²) in [5.41, 5.74) is 0. The molecule has 0 bridgehead atoms. The fourth-order valence-corrected chi connectivity index (χ4v) is 1.42. The van der Waals surface area contributed by atoms with E-state index in [0.717, 1.165) is 25.4 Å². The van der Waals surface area contributed by atoms with Gasteiger partial charge in [-0.05, 0) is 18.9 Å². The summed E-state index contributed by atoms with van der Waals surface area (Å²) < 4.78 is 5.47. The van der Waals surface area contributed by atoms with E-state index >= 15 is 0 Å². The van der Waals surface area contributed by atoms with Crippen LogP contribution in [-0.2, 0) is 4.74 Å². The molecule has 0 saturated carbocycles. The number of ether oxygens (including phenoxy) is 1. The van der Waals surface area contributed by atoms with E-state index in [1.807, 2.05) is 6.07 Å². The maximum atomic E-state index is 5.47. The molecule has 0 radical (unpaired) electrons. The number of aromatic nitrogens is 2. The minimum absolute atomic E-state index is 0.356. The Kier molecular flexibility index (Phi) is 2.72. The molecule has 4 heteroatoms. The summed E-state index contributed by atoms with van der Waals surface area (Å²) in [5, 5.41) is 3.21. The van der Waals surface area contributed by atoms with Gasteiger partial charge in [0, 0.05) is 19.3 Å². The lowest BCUT2D eigenvalue weighted by Gasteiger charge is -2.10. The van der Waals surface area contributed by atoms with Gasteiger partial charge in [-0.2, -0.15) is 0 Å². The first-order chi connectivity index (χ1) is 6.45. The molecule has 0 amide bonds. The second kappa shape index (κ2) is 4.18. The third-order valence-electron chi connectivity index (χ3n) is 2.12. The van der Waals surface area contributed by atoms with E-state index in [1.54, 1.807) is 6.20 Å². The topological polar surface area (TPSA) is 47.0 Å². The van der Waals surface area contributed by atoms with Gasteiger partial charge < -0.3 is 10.1 Å². The lowest BCUT2D eigenvalue weighted by molar-refractivity contribution is 0.120. The quantitative estimate of drug-likeness (QED) is 0.754. The second-order valence-electron chi connectivity index (χ2n) is 3.11. The zero-order chi connectivity index (χ0) is 8.93. The molecule has 0 aromatic carbocycles. The van der Waals surface area contributed by atoms with Crippen molar-refractivity contribution in [2.24, 2.45) is 0 Å². The summed E-state index contributed by atoms with van der Waals surface area (Å²) in [5.74, 6) is 0.866. The Morgan fingerprint density at radius 1 is 1.62 bits per heavy atom. The van der Waals surface area contributed by atoms with Crippen LogP contribution in [0.1, 0.15) is 12.8 Å². The highest BCUT2D eigenvalue weighted by Gasteiger charge is 2.14. The summed E-state index contributed by atoms with van der Waals surface area (Å²) in [6, 6.07) is 1.86. The molecule has 1 aliphatic heterocycles. The van der Waals surface area contributed by atoms with Gasteiger partial charge in [0.1, 0.15) is 12.1 Å². The van der Waals surface area contributed by atoms with Crippen molar-refractivity contribution in [2.75, 3.05) is 18.5 Å². The van der Waals surface area contributed by atoms with Crippen molar-refractivity contribution in [3.05, 3.63) is 18.6 Å². The van der Waals surface area contributed by atoms with Gasteiger partial charge in [-0.25, -0.2) is 9.97 Å². The second-order valence-corrected chi connectivity index (χ2v) is 3.11. The van der Waals surface area contributed by atoms with Crippen molar-refractivity contribution in [1.29, 1.82) is 0 Å². The normalized spacial score (nSPS) is 21.7. The van der Waals surface area contributed by atoms with Crippen LogP contribution < -0.4 is 5.32 Å². The Morgan fingerprint density at radius 2 is 2.62 bits per heavy atom. The molecule has 4 nitrogen and oxygen atoms in total. The molecule has 2 rings (SSSR count). The van der Waals surface area contributed by atoms with Crippen LogP contribution in [0, 0.1) is 0 Å². The predicted octanol–water partition coefficient (Wildman–Crippen LogP) is 1.07. The number of rotatable bonds is 3. The van der Waals surface area contributed by atoms with Gasteiger partial charge in [0.2, 0.25) is 0 Å². The summed E-state index contributed by atoms with van der Waals surface area (Å²) in [6.45, 7) is 1.74. The van der Waals surface area contributed by atoms with Gasteiger partial charge >= 0.3 is 0 Å². The highest BCUT2D eigenvalue weighted by Crippen LogP contribution is 2.12. The molecule has 1 saturated heterocycles. The van der Waals surface area contributed by atoms with Crippen molar-refractivity contribution in [1.82, 2.24) is 9.97 Å². The monoisotopic (exact) mass is 179 g/mol. The first-order valence-electron chi connectivity index (χ1n) is 4.56. The number of nitrogens with zero attached hydrogens (tertiary/aromatic N) is 2. The molecule has 1 aromatic rings. The van der Waals surface area contributed by atoms with Crippen molar-refractivity contribution in [3.8, 4) is 0 Å². The largest absolute Gasteiger partial charge is 0.376 e. The molecular weight excluding hydrogens is 166 g/mol. The Labute approximate surface area is 77.4 Å². The number of nitrogens with one attached hydrogen (secondary N) is 1. The van der Waals surface area contributed by atoms with Crippen molar-refractivity contribution < 1.29 is 4.74 Å². The average molecular weight is 179 g/mol. The van der Waals surface area contributed by atoms with E-state index in [9.17, 15) is 0 Å². The van der Waals surface area contributed by atoms with E-state index < -0.39 is 0 Å². The molecule has 1 fully saturated rings. The highest BCUT2D eigenvalue weighted by atomic mass is 16.5. The van der Waals surface area contributed by atoms with Crippen LogP contribution in [-0.4, -0.2) is 29.2 Å². The predicted molar refractivity (Wildman–Crippen MR) is 49.5 cm³/mol. The van der Waals surface area contributed by atoms with Gasteiger partial charge in [0.15, 0.2) is 0 Å². The van der Waals surface area contributed by atoms with Crippen LogP contribution in [0.5, 0.6) is 0 Å². The molecule has 2 heterocycles. The minimum Gasteiger partial charge on any atom is -0.376 e. The van der Waals surface area contributed by atoms with Crippen molar-refractivity contribution in [2.45, 2.75) is 18.9 Å². The maximum absolute atomic E-state index is 5.47. The molecule has 1 unspecified atom stereocenters. The van der Waals surface area contributed by atoms with E-state index in [4.69, 9.17) is 4.74 Å². The summed E-state index contributed by atoms with van der Waals surface area (Å²) >= 11 is 0. The summed E-state index contributed by atoms with van der Waals surface area (Å²) in [6.07, 6.45) is 5.95. The van der Waals surface area contributed by atoms with E-state index in [1.165, 1.54) is 12.7 Å². The van der Waals surface area contributed by atoms with Gasteiger partial charge in [-0.15, -0.1) is 0 Å². The number of hydrogen-bond acceptors (Lipinski definition) is 4. The third-order valence-corrected chi connectivity index (χ3v) is 2.12. The lowest BCUT2D eigenvalue weighted by Crippen LogP contribution is -2.18. The Bertz CT molecular complexity index is 246. The maximum Gasteiger partial charge on any atom is 0.129 e. The van der Waals surface area contributed by atoms with Crippen LogP contribution >= 0.6 is 0 Å². The fourth-order valence-electron chi connectivity index (χ4n) is 1.42. The first kappa shape index (κ1) is 8.44. The lowest BCUT2D eigenvalue weighted by atomic mass is 10.2. The van der Waals surface area contributed by atoms with Crippen LogP contribution in [0.3, 0.4) is 0 Å². The zero-order valence-electron chi connectivity index (χ0n) is 7.44. The SMILES string of the molecule is c1cc(NCC2CCCO2)ncn1. The summed E-state index contributed by atoms with van der Waals surface area (Å²) in [7, 11) is 0. The molecule has 1 atom stereocenters. The van der Waals surface area contributed by atoms with E-state index in [0.29, 0.717) is 6.10 Å². The molecule has 1 aromatic heterocycles. The van der Waals surface area contributed by atoms with Crippen LogP contribution in [0.25, 0.3) is 0 Å². The smallest absolute Gasteiger partial charge is 0.129 e. The zero-order valence-corrected chi connectivity index (χ0v) is 7.44. The Morgan fingerprint density at radius 3 is 3.31 bits per heavy atom. The van der Waals surface area contributed by atoms with E-state index in [-0.39, 0.29) is 0 Å². The Balaban J connectivity index is 1.79. The molecule has 0 aliphatic carbocycles. The van der Waals surface area contributed by atoms with Gasteiger partial charge in [0.05, 0.1) is 6.10 Å². The van der Waals surface area contributed by atoms with Crippen LogP contribution in [0.15, 0.2) is 18.6 Å². The van der Waals surface area contributed by atoms with Gasteiger partial charge in [-0.3, -0.25) is 0 Å². The highest BCUT2D eigenvalue weighted by molar-refractivity contribution is 5.31. The first-order valence-corrected chi connectivity index (χ1v) is 4.56. The third kappa shape index (κ3) is 2.39. The molecule has 70 valence electrons. The molecule has 0 spiro atoms. The van der Waals surface area contributed by atoms with Crippen LogP contribution in [0.2, 0.25) is 0 Å². The average Bonchev–Trinajstić information content (AvgIpc) is 2.69. The van der Waals surface area contributed by atoms with Crippen molar-refractivity contribution >= 4 is 5.82 Å². The molecular formula is C9H13N3O. The number of hydrogen-bond donors (Lipinski definition) is 1. The van der Waals surface area contributed by atoms with Crippen LogP contribution in [0.4, 0.5) is 5.82 Å². The van der Waals surface area contributed by atoms with Gasteiger partial charge in [-0.1, -0.05) is 0 Å². The summed E-state index contributed by atoms with van der Waals surface area (Å²) in [4.78, 5) is 7.90. The number of anilines is 1. The Hall–Kier alpha value is -1.16.